The summed E-state index contributed by atoms with van der Waals surface area (Å²) in [5, 5.41) is 12.3. The highest BCUT2D eigenvalue weighted by molar-refractivity contribution is 5.73. The van der Waals surface area contributed by atoms with Crippen LogP contribution < -0.4 is 15.8 Å². The zero-order valence-corrected chi connectivity index (χ0v) is 11.7. The van der Waals surface area contributed by atoms with Crippen LogP contribution in [0.5, 0.6) is 5.75 Å². The minimum Gasteiger partial charge on any atom is -0.491 e. The number of ether oxygens (including phenoxy) is 2. The lowest BCUT2D eigenvalue weighted by Crippen LogP contribution is -2.26. The van der Waals surface area contributed by atoms with Crippen LogP contribution in [-0.2, 0) is 4.74 Å². The maximum Gasteiger partial charge on any atom is 0.144 e. The van der Waals surface area contributed by atoms with E-state index in [1.54, 1.807) is 7.11 Å². The first kappa shape index (κ1) is 15.6. The topological polar surface area (TPSA) is 76.7 Å². The van der Waals surface area contributed by atoms with Crippen LogP contribution in [0.1, 0.15) is 19.8 Å². The summed E-state index contributed by atoms with van der Waals surface area (Å²) < 4.78 is 10.7. The molecule has 19 heavy (non-hydrogen) atoms. The van der Waals surface area contributed by atoms with E-state index in [1.807, 2.05) is 25.1 Å². The number of nitrogens with two attached hydrogens (primary N) is 1. The molecule has 0 heterocycles. The maximum absolute atomic E-state index is 9.03. The summed E-state index contributed by atoms with van der Waals surface area (Å²) in [6.45, 7) is 3.31. The SMILES string of the molecule is CCCOc1cccc(NC(CCO)COC)c1N. The molecule has 0 aliphatic rings. The lowest BCUT2D eigenvalue weighted by atomic mass is 10.2. The van der Waals surface area contributed by atoms with Gasteiger partial charge in [-0.15, -0.1) is 0 Å². The molecule has 0 saturated heterocycles. The van der Waals surface area contributed by atoms with Gasteiger partial charge in [0.05, 0.1) is 30.6 Å². The summed E-state index contributed by atoms with van der Waals surface area (Å²) in [7, 11) is 1.64. The Bertz CT molecular complexity index is 366. The number of rotatable bonds is 9. The Hall–Kier alpha value is -1.46. The van der Waals surface area contributed by atoms with Crippen molar-refractivity contribution >= 4 is 11.4 Å². The zero-order valence-electron chi connectivity index (χ0n) is 11.7. The molecule has 1 aromatic rings. The molecule has 1 aromatic carbocycles. The Morgan fingerprint density at radius 1 is 1.42 bits per heavy atom. The molecule has 1 atom stereocenters. The first-order valence-corrected chi connectivity index (χ1v) is 6.60. The summed E-state index contributed by atoms with van der Waals surface area (Å²) in [6.07, 6.45) is 1.54. The van der Waals surface area contributed by atoms with Crippen LogP contribution in [0.25, 0.3) is 0 Å². The van der Waals surface area contributed by atoms with Crippen molar-refractivity contribution in [2.24, 2.45) is 0 Å². The number of benzene rings is 1. The minimum absolute atomic E-state index is 0.0266. The van der Waals surface area contributed by atoms with Crippen molar-refractivity contribution in [2.45, 2.75) is 25.8 Å². The summed E-state index contributed by atoms with van der Waals surface area (Å²) in [6, 6.07) is 5.67. The second-order valence-corrected chi connectivity index (χ2v) is 4.37. The monoisotopic (exact) mass is 268 g/mol. The molecule has 5 nitrogen and oxygen atoms in total. The zero-order chi connectivity index (χ0) is 14.1. The van der Waals surface area contributed by atoms with Gasteiger partial charge >= 0.3 is 0 Å². The molecule has 0 fully saturated rings. The van der Waals surface area contributed by atoms with E-state index >= 15 is 0 Å². The largest absolute Gasteiger partial charge is 0.491 e. The molecular formula is C14H24N2O3. The predicted molar refractivity (Wildman–Crippen MR) is 77.6 cm³/mol. The average molecular weight is 268 g/mol. The first-order chi connectivity index (χ1) is 9.22. The fraction of sp³-hybridized carbons (Fsp3) is 0.571. The van der Waals surface area contributed by atoms with E-state index in [0.29, 0.717) is 31.1 Å². The van der Waals surface area contributed by atoms with Gasteiger partial charge in [-0.2, -0.15) is 0 Å². The number of nitrogen functional groups attached to an aromatic ring is 1. The summed E-state index contributed by atoms with van der Waals surface area (Å²) in [5.41, 5.74) is 7.48. The van der Waals surface area contributed by atoms with E-state index < -0.39 is 0 Å². The number of methoxy groups -OCH3 is 1. The van der Waals surface area contributed by atoms with Crippen molar-refractivity contribution in [3.05, 3.63) is 18.2 Å². The molecular weight excluding hydrogens is 244 g/mol. The Morgan fingerprint density at radius 3 is 2.84 bits per heavy atom. The Kier molecular flexibility index (Phi) is 7.07. The molecule has 4 N–H and O–H groups in total. The van der Waals surface area contributed by atoms with Crippen LogP contribution in [0.2, 0.25) is 0 Å². The predicted octanol–water partition coefficient (Wildman–Crippen LogP) is 1.87. The normalized spacial score (nSPS) is 12.2. The molecule has 1 unspecified atom stereocenters. The second kappa shape index (κ2) is 8.61. The Labute approximate surface area is 114 Å². The molecule has 0 aromatic heterocycles. The molecule has 108 valence electrons. The number of anilines is 2. The average Bonchev–Trinajstić information content (AvgIpc) is 2.40. The van der Waals surface area contributed by atoms with E-state index in [4.69, 9.17) is 20.3 Å². The van der Waals surface area contributed by atoms with E-state index in [1.165, 1.54) is 0 Å². The Morgan fingerprint density at radius 2 is 2.21 bits per heavy atom. The van der Waals surface area contributed by atoms with Gasteiger partial charge in [-0.05, 0) is 25.0 Å². The number of aliphatic hydroxyl groups is 1. The third-order valence-corrected chi connectivity index (χ3v) is 2.73. The quantitative estimate of drug-likeness (QED) is 0.596. The van der Waals surface area contributed by atoms with E-state index in [-0.39, 0.29) is 12.6 Å². The van der Waals surface area contributed by atoms with Crippen LogP contribution in [0.15, 0.2) is 18.2 Å². The van der Waals surface area contributed by atoms with Gasteiger partial charge in [-0.1, -0.05) is 13.0 Å². The van der Waals surface area contributed by atoms with Gasteiger partial charge in [0, 0.05) is 13.7 Å². The van der Waals surface area contributed by atoms with Crippen molar-refractivity contribution in [2.75, 3.05) is 38.0 Å². The highest BCUT2D eigenvalue weighted by Crippen LogP contribution is 2.30. The van der Waals surface area contributed by atoms with Crippen LogP contribution in [0.4, 0.5) is 11.4 Å². The van der Waals surface area contributed by atoms with Crippen molar-refractivity contribution in [3.63, 3.8) is 0 Å². The van der Waals surface area contributed by atoms with E-state index in [0.717, 1.165) is 12.1 Å². The van der Waals surface area contributed by atoms with E-state index in [9.17, 15) is 0 Å². The van der Waals surface area contributed by atoms with Crippen LogP contribution in [0.3, 0.4) is 0 Å². The fourth-order valence-corrected chi connectivity index (χ4v) is 1.78. The van der Waals surface area contributed by atoms with Gasteiger partial charge < -0.3 is 25.6 Å². The van der Waals surface area contributed by atoms with Crippen LogP contribution >= 0.6 is 0 Å². The molecule has 0 radical (unpaired) electrons. The van der Waals surface area contributed by atoms with E-state index in [2.05, 4.69) is 5.32 Å². The molecule has 0 spiro atoms. The van der Waals surface area contributed by atoms with Gasteiger partial charge in [-0.3, -0.25) is 0 Å². The minimum atomic E-state index is 0.0266. The molecule has 5 heteroatoms. The van der Waals surface area contributed by atoms with Crippen molar-refractivity contribution in [1.82, 2.24) is 0 Å². The number of nitrogens with one attached hydrogen (secondary N) is 1. The van der Waals surface area contributed by atoms with Crippen LogP contribution in [-0.4, -0.2) is 38.1 Å². The highest BCUT2D eigenvalue weighted by atomic mass is 16.5. The first-order valence-electron chi connectivity index (χ1n) is 6.60. The van der Waals surface area contributed by atoms with Crippen LogP contribution in [0, 0.1) is 0 Å². The van der Waals surface area contributed by atoms with Crippen molar-refractivity contribution < 1.29 is 14.6 Å². The Balaban J connectivity index is 2.75. The van der Waals surface area contributed by atoms with Crippen molar-refractivity contribution in [1.29, 1.82) is 0 Å². The molecule has 0 aliphatic carbocycles. The molecule has 0 saturated carbocycles. The second-order valence-electron chi connectivity index (χ2n) is 4.37. The smallest absolute Gasteiger partial charge is 0.144 e. The highest BCUT2D eigenvalue weighted by Gasteiger charge is 2.11. The summed E-state index contributed by atoms with van der Waals surface area (Å²) in [4.78, 5) is 0. The van der Waals surface area contributed by atoms with Gasteiger partial charge in [0.1, 0.15) is 5.75 Å². The molecule has 0 aliphatic heterocycles. The van der Waals surface area contributed by atoms with Crippen molar-refractivity contribution in [3.8, 4) is 5.75 Å². The van der Waals surface area contributed by atoms with Gasteiger partial charge in [0.15, 0.2) is 0 Å². The maximum atomic E-state index is 9.03. The van der Waals surface area contributed by atoms with Gasteiger partial charge in [0.2, 0.25) is 0 Å². The standard InChI is InChI=1S/C14H24N2O3/c1-3-9-19-13-6-4-5-12(14(13)15)16-11(7-8-17)10-18-2/h4-6,11,16-17H,3,7-10,15H2,1-2H3. The summed E-state index contributed by atoms with van der Waals surface area (Å²) in [5.74, 6) is 0.687. The number of aliphatic hydroxyl groups excluding tert-OH is 1. The molecule has 1 rings (SSSR count). The molecule has 0 bridgehead atoms. The number of hydrogen-bond acceptors (Lipinski definition) is 5. The van der Waals surface area contributed by atoms with Gasteiger partial charge in [-0.25, -0.2) is 0 Å². The lowest BCUT2D eigenvalue weighted by Gasteiger charge is -2.20. The third-order valence-electron chi connectivity index (χ3n) is 2.73. The fourth-order valence-electron chi connectivity index (χ4n) is 1.78. The van der Waals surface area contributed by atoms with Gasteiger partial charge in [0.25, 0.3) is 0 Å². The summed E-state index contributed by atoms with van der Waals surface area (Å²) >= 11 is 0. The third kappa shape index (κ3) is 4.96. The lowest BCUT2D eigenvalue weighted by molar-refractivity contribution is 0.170. The number of hydrogen-bond donors (Lipinski definition) is 3. The molecule has 0 amide bonds. The number of para-hydroxylation sites is 1.